The van der Waals surface area contributed by atoms with Crippen LogP contribution in [0.15, 0.2) is 47.0 Å². The van der Waals surface area contributed by atoms with Gasteiger partial charge in [0.05, 0.1) is 23.2 Å². The summed E-state index contributed by atoms with van der Waals surface area (Å²) < 4.78 is 32.7. The maximum atomic E-state index is 14.2. The van der Waals surface area contributed by atoms with Crippen LogP contribution in [0.3, 0.4) is 0 Å². The van der Waals surface area contributed by atoms with Gasteiger partial charge in [-0.15, -0.1) is 0 Å². The third-order valence-electron chi connectivity index (χ3n) is 8.04. The molecule has 3 aromatic rings. The molecule has 0 spiro atoms. The van der Waals surface area contributed by atoms with Crippen molar-refractivity contribution in [2.24, 2.45) is 5.92 Å². The van der Waals surface area contributed by atoms with Crippen molar-refractivity contribution in [1.29, 1.82) is 0 Å². The lowest BCUT2D eigenvalue weighted by Crippen LogP contribution is -2.58. The van der Waals surface area contributed by atoms with Gasteiger partial charge in [0.15, 0.2) is 11.5 Å². The van der Waals surface area contributed by atoms with Crippen molar-refractivity contribution >= 4 is 11.8 Å². The molecule has 1 aromatic carbocycles. The minimum Gasteiger partial charge on any atom is -0.355 e. The van der Waals surface area contributed by atoms with Crippen LogP contribution in [-0.2, 0) is 4.79 Å². The second-order valence-electron chi connectivity index (χ2n) is 10.9. The molecule has 1 aliphatic heterocycles. The van der Waals surface area contributed by atoms with Crippen molar-refractivity contribution in [2.45, 2.75) is 70.5 Å². The van der Waals surface area contributed by atoms with Gasteiger partial charge >= 0.3 is 0 Å². The number of nitrogens with one attached hydrogen (secondary N) is 2. The van der Waals surface area contributed by atoms with Crippen LogP contribution in [0.25, 0.3) is 11.3 Å². The Morgan fingerprint density at radius 2 is 1.88 bits per heavy atom. The van der Waals surface area contributed by atoms with Crippen molar-refractivity contribution < 1.29 is 22.9 Å². The third kappa shape index (κ3) is 6.38. The summed E-state index contributed by atoms with van der Waals surface area (Å²) in [5, 5.41) is 9.90. The van der Waals surface area contributed by atoms with Crippen molar-refractivity contribution in [3.63, 3.8) is 0 Å². The van der Waals surface area contributed by atoms with Gasteiger partial charge in [0.1, 0.15) is 11.6 Å². The zero-order valence-electron chi connectivity index (χ0n) is 22.8. The van der Waals surface area contributed by atoms with E-state index in [0.717, 1.165) is 42.9 Å². The normalized spacial score (nSPS) is 21.1. The second kappa shape index (κ2) is 12.2. The van der Waals surface area contributed by atoms with Crippen molar-refractivity contribution in [3.8, 4) is 11.3 Å². The molecule has 2 fully saturated rings. The number of rotatable bonds is 7. The van der Waals surface area contributed by atoms with E-state index in [9.17, 15) is 18.4 Å². The molecule has 1 saturated heterocycles. The molecule has 5 rings (SSSR count). The van der Waals surface area contributed by atoms with Crippen molar-refractivity contribution in [1.82, 2.24) is 25.7 Å². The lowest BCUT2D eigenvalue weighted by molar-refractivity contribution is -0.128. The predicted octanol–water partition coefficient (Wildman–Crippen LogP) is 4.95. The van der Waals surface area contributed by atoms with E-state index >= 15 is 0 Å². The van der Waals surface area contributed by atoms with Gasteiger partial charge in [-0.25, -0.2) is 8.78 Å². The summed E-state index contributed by atoms with van der Waals surface area (Å²) in [6.07, 6.45) is 6.48. The summed E-state index contributed by atoms with van der Waals surface area (Å²) in [4.78, 5) is 33.8. The largest absolute Gasteiger partial charge is 0.355 e. The van der Waals surface area contributed by atoms with Gasteiger partial charge in [0, 0.05) is 43.0 Å². The maximum absolute atomic E-state index is 14.2. The van der Waals surface area contributed by atoms with E-state index in [1.54, 1.807) is 0 Å². The SMILES string of the molecule is Cc1cccc([C@@H](C)NC(=O)[C@H]2CN(C3CCCCC3)CC[C@H]2NC(=O)c2cc(-c3ccc(F)cc3F)on2)n1. The smallest absolute Gasteiger partial charge is 0.273 e. The van der Waals surface area contributed by atoms with E-state index in [4.69, 9.17) is 4.52 Å². The van der Waals surface area contributed by atoms with Crippen LogP contribution in [0, 0.1) is 24.5 Å². The number of benzene rings is 1. The molecule has 2 amide bonds. The first-order valence-electron chi connectivity index (χ1n) is 14.0. The number of likely N-dealkylation sites (tertiary alicyclic amines) is 1. The number of halogens is 2. The zero-order valence-corrected chi connectivity index (χ0v) is 22.8. The number of pyridine rings is 1. The average molecular weight is 552 g/mol. The summed E-state index contributed by atoms with van der Waals surface area (Å²) in [5.41, 5.74) is 1.61. The number of aryl methyl sites for hydroxylation is 1. The Balaban J connectivity index is 1.31. The van der Waals surface area contributed by atoms with Gasteiger partial charge in [0.25, 0.3) is 5.91 Å². The molecule has 3 atom stereocenters. The molecule has 3 heterocycles. The van der Waals surface area contributed by atoms with Crippen LogP contribution in [0.1, 0.15) is 73.4 Å². The third-order valence-corrected chi connectivity index (χ3v) is 8.04. The highest BCUT2D eigenvalue weighted by molar-refractivity contribution is 5.94. The van der Waals surface area contributed by atoms with Crippen LogP contribution in [-0.4, -0.2) is 52.0 Å². The van der Waals surface area contributed by atoms with E-state index in [2.05, 4.69) is 25.7 Å². The standard InChI is InChI=1S/C30H35F2N5O3/c1-18-7-6-10-25(33-18)19(2)34-29(38)23-17-37(21-8-4-3-5-9-21)14-13-26(23)35-30(39)27-16-28(40-36-27)22-12-11-20(31)15-24(22)32/h6-7,10-12,15-16,19,21,23,26H,3-5,8-9,13-14,17H2,1-2H3,(H,34,38)(H,35,39)/t19-,23+,26-/m1/s1. The molecule has 40 heavy (non-hydrogen) atoms. The van der Waals surface area contributed by atoms with E-state index < -0.39 is 29.5 Å². The first kappa shape index (κ1) is 27.9. The molecule has 8 nitrogen and oxygen atoms in total. The number of nitrogens with zero attached hydrogens (tertiary/aromatic N) is 3. The fourth-order valence-corrected chi connectivity index (χ4v) is 5.83. The Kier molecular flexibility index (Phi) is 8.54. The monoisotopic (exact) mass is 551 g/mol. The lowest BCUT2D eigenvalue weighted by Gasteiger charge is -2.43. The zero-order chi connectivity index (χ0) is 28.2. The molecule has 2 aromatic heterocycles. The van der Waals surface area contributed by atoms with Gasteiger partial charge in [-0.05, 0) is 57.4 Å². The van der Waals surface area contributed by atoms with Gasteiger partial charge in [-0.3, -0.25) is 19.5 Å². The average Bonchev–Trinajstić information content (AvgIpc) is 3.44. The number of hydrogen-bond acceptors (Lipinski definition) is 6. The van der Waals surface area contributed by atoms with E-state index in [0.29, 0.717) is 19.0 Å². The summed E-state index contributed by atoms with van der Waals surface area (Å²) in [6, 6.07) is 9.85. The van der Waals surface area contributed by atoms with Crippen LogP contribution in [0.2, 0.25) is 0 Å². The molecule has 0 bridgehead atoms. The molecular formula is C30H35F2N5O3. The van der Waals surface area contributed by atoms with Crippen LogP contribution in [0.5, 0.6) is 0 Å². The highest BCUT2D eigenvalue weighted by Gasteiger charge is 2.38. The number of aromatic nitrogens is 2. The molecule has 212 valence electrons. The second-order valence-corrected chi connectivity index (χ2v) is 10.9. The predicted molar refractivity (Wildman–Crippen MR) is 145 cm³/mol. The molecular weight excluding hydrogens is 516 g/mol. The summed E-state index contributed by atoms with van der Waals surface area (Å²) in [5.74, 6) is -2.64. The Hall–Kier alpha value is -3.66. The molecule has 1 saturated carbocycles. The first-order chi connectivity index (χ1) is 19.3. The fraction of sp³-hybridized carbons (Fsp3) is 0.467. The summed E-state index contributed by atoms with van der Waals surface area (Å²) in [6.45, 7) is 5.13. The van der Waals surface area contributed by atoms with Crippen molar-refractivity contribution in [3.05, 3.63) is 71.2 Å². The quantitative estimate of drug-likeness (QED) is 0.431. The number of amides is 2. The highest BCUT2D eigenvalue weighted by Crippen LogP contribution is 2.29. The molecule has 2 N–H and O–H groups in total. The van der Waals surface area contributed by atoms with E-state index in [1.165, 1.54) is 31.4 Å². The molecule has 1 aliphatic carbocycles. The van der Waals surface area contributed by atoms with Crippen molar-refractivity contribution in [2.75, 3.05) is 13.1 Å². The van der Waals surface area contributed by atoms with E-state index in [-0.39, 0.29) is 29.0 Å². The minimum atomic E-state index is -0.813. The lowest BCUT2D eigenvalue weighted by atomic mass is 9.86. The Bertz CT molecular complexity index is 1360. The Morgan fingerprint density at radius 1 is 1.07 bits per heavy atom. The fourth-order valence-electron chi connectivity index (χ4n) is 5.83. The minimum absolute atomic E-state index is 0.00439. The summed E-state index contributed by atoms with van der Waals surface area (Å²) in [7, 11) is 0. The Morgan fingerprint density at radius 3 is 2.62 bits per heavy atom. The number of hydrogen-bond donors (Lipinski definition) is 2. The molecule has 0 radical (unpaired) electrons. The highest BCUT2D eigenvalue weighted by atomic mass is 19.1. The maximum Gasteiger partial charge on any atom is 0.273 e. The number of carbonyl (C=O) groups excluding carboxylic acids is 2. The summed E-state index contributed by atoms with van der Waals surface area (Å²) >= 11 is 0. The Labute approximate surface area is 232 Å². The van der Waals surface area contributed by atoms with Gasteiger partial charge in [-0.2, -0.15) is 0 Å². The van der Waals surface area contributed by atoms with Gasteiger partial charge < -0.3 is 15.2 Å². The molecule has 2 aliphatic rings. The molecule has 10 heteroatoms. The molecule has 0 unspecified atom stereocenters. The van der Waals surface area contributed by atoms with Gasteiger partial charge in [-0.1, -0.05) is 30.5 Å². The first-order valence-corrected chi connectivity index (χ1v) is 14.0. The van der Waals surface area contributed by atoms with Crippen LogP contribution in [0.4, 0.5) is 8.78 Å². The number of piperidine rings is 1. The van der Waals surface area contributed by atoms with E-state index in [1.807, 2.05) is 32.0 Å². The van der Waals surface area contributed by atoms with Crippen LogP contribution >= 0.6 is 0 Å². The number of carbonyl (C=O) groups is 2. The van der Waals surface area contributed by atoms with Crippen LogP contribution < -0.4 is 10.6 Å². The topological polar surface area (TPSA) is 100 Å². The van der Waals surface area contributed by atoms with Gasteiger partial charge in [0.2, 0.25) is 5.91 Å².